The summed E-state index contributed by atoms with van der Waals surface area (Å²) in [4.78, 5) is 0. The molecule has 2 nitrogen and oxygen atoms in total. The van der Waals surface area contributed by atoms with Gasteiger partial charge in [0.25, 0.3) is 0 Å². The number of benzene rings is 1. The Balaban J connectivity index is 2.66. The normalized spacial score (nSPS) is 11.0. The van der Waals surface area contributed by atoms with Crippen molar-refractivity contribution in [1.82, 2.24) is 0 Å². The van der Waals surface area contributed by atoms with Crippen LogP contribution in [0.15, 0.2) is 30.3 Å². The summed E-state index contributed by atoms with van der Waals surface area (Å²) >= 11 is 0. The van der Waals surface area contributed by atoms with Gasteiger partial charge in [0.2, 0.25) is 0 Å². The first kappa shape index (κ1) is 9.78. The third-order valence-corrected chi connectivity index (χ3v) is 1.71. The quantitative estimate of drug-likeness (QED) is 0.499. The third kappa shape index (κ3) is 2.90. The molecule has 0 aliphatic heterocycles. The minimum atomic E-state index is -0.171. The van der Waals surface area contributed by atoms with E-state index >= 15 is 0 Å². The molecular weight excluding hydrogens is 160 g/mol. The molecule has 0 unspecified atom stereocenters. The first-order chi connectivity index (χ1) is 6.00. The lowest BCUT2D eigenvalue weighted by atomic mass is 9.95. The Labute approximate surface area is 79.5 Å². The van der Waals surface area contributed by atoms with E-state index in [1.165, 1.54) is 0 Å². The highest BCUT2D eigenvalue weighted by atomic mass is 15.0. The zero-order valence-corrected chi connectivity index (χ0v) is 8.33. The average molecular weight is 175 g/mol. The molecule has 0 bridgehead atoms. The van der Waals surface area contributed by atoms with Gasteiger partial charge in [0.1, 0.15) is 0 Å². The molecule has 0 aromatic heterocycles. The molecule has 1 aromatic carbocycles. The first-order valence-electron chi connectivity index (χ1n) is 4.36. The van der Waals surface area contributed by atoms with Crippen LogP contribution in [0.3, 0.4) is 0 Å². The van der Waals surface area contributed by atoms with E-state index in [1.807, 2.05) is 51.1 Å². The molecule has 0 saturated carbocycles. The molecule has 0 spiro atoms. The van der Waals surface area contributed by atoms with Crippen LogP contribution < -0.4 is 0 Å². The van der Waals surface area contributed by atoms with Crippen molar-refractivity contribution >= 4 is 11.5 Å². The van der Waals surface area contributed by atoms with Crippen molar-refractivity contribution < 1.29 is 0 Å². The maximum Gasteiger partial charge on any atom is -0.0214 e. The van der Waals surface area contributed by atoms with Crippen LogP contribution in [-0.2, 0) is 0 Å². The molecule has 1 aromatic rings. The minimum Gasteiger partial charge on any atom is -0.485 e. The first-order valence-corrected chi connectivity index (χ1v) is 4.36. The molecule has 70 valence electrons. The van der Waals surface area contributed by atoms with Gasteiger partial charge in [-0.05, 0) is 11.1 Å². The van der Waals surface area contributed by atoms with Gasteiger partial charge in [0.15, 0.2) is 0 Å². The lowest BCUT2D eigenvalue weighted by molar-refractivity contribution is 0.589. The molecule has 0 heterocycles. The molecule has 0 fully saturated rings. The Morgan fingerprint density at radius 1 is 1.15 bits per heavy atom. The summed E-state index contributed by atoms with van der Waals surface area (Å²) < 4.78 is 0. The molecule has 0 saturated heterocycles. The zero-order valence-electron chi connectivity index (χ0n) is 8.33. The molecular formula is C11H15N2-. The fourth-order valence-corrected chi connectivity index (χ4v) is 0.799. The second-order valence-electron chi connectivity index (χ2n) is 4.05. The van der Waals surface area contributed by atoms with Gasteiger partial charge in [-0.1, -0.05) is 56.9 Å². The fraction of sp³-hybridized carbons (Fsp3) is 0.364. The zero-order chi connectivity index (χ0) is 9.90. The molecule has 1 rings (SSSR count). The maximum atomic E-state index is 7.71. The van der Waals surface area contributed by atoms with Gasteiger partial charge in [-0.25, -0.2) is 0 Å². The third-order valence-electron chi connectivity index (χ3n) is 1.71. The summed E-state index contributed by atoms with van der Waals surface area (Å²) in [5, 5.41) is 11.9. The number of rotatable bonds is 1. The Morgan fingerprint density at radius 2 is 1.69 bits per heavy atom. The van der Waals surface area contributed by atoms with Crippen LogP contribution in [0.25, 0.3) is 5.32 Å². The number of nitrogens with zero attached hydrogens (tertiary/aromatic N) is 1. The van der Waals surface area contributed by atoms with Crippen molar-refractivity contribution in [3.8, 4) is 0 Å². The van der Waals surface area contributed by atoms with Crippen LogP contribution >= 0.6 is 0 Å². The molecule has 0 atom stereocenters. The van der Waals surface area contributed by atoms with Crippen LogP contribution in [-0.4, -0.2) is 5.84 Å². The summed E-state index contributed by atoms with van der Waals surface area (Å²) in [5.41, 5.74) is 0.679. The van der Waals surface area contributed by atoms with Gasteiger partial charge in [-0.2, -0.15) is 0 Å². The Bertz CT molecular complexity index is 283. The highest BCUT2D eigenvalue weighted by Gasteiger charge is 2.09. The average Bonchev–Trinajstić information content (AvgIpc) is 2.04. The summed E-state index contributed by atoms with van der Waals surface area (Å²) in [7, 11) is 0. The van der Waals surface area contributed by atoms with Crippen LogP contribution in [0.2, 0.25) is 0 Å². The largest absolute Gasteiger partial charge is 0.485 e. The van der Waals surface area contributed by atoms with Crippen LogP contribution in [0.5, 0.6) is 0 Å². The van der Waals surface area contributed by atoms with Crippen molar-refractivity contribution in [2.24, 2.45) is 5.41 Å². The Kier molecular flexibility index (Phi) is 2.71. The van der Waals surface area contributed by atoms with Crippen molar-refractivity contribution in [2.75, 3.05) is 0 Å². The molecule has 0 amide bonds. The number of hydrogen-bond acceptors (Lipinski definition) is 1. The van der Waals surface area contributed by atoms with Crippen molar-refractivity contribution in [2.45, 2.75) is 20.8 Å². The Hall–Kier alpha value is -1.31. The smallest absolute Gasteiger partial charge is 0.0214 e. The number of nitrogens with one attached hydrogen (secondary N) is 1. The van der Waals surface area contributed by atoms with Crippen LogP contribution in [0.4, 0.5) is 5.69 Å². The predicted molar refractivity (Wildman–Crippen MR) is 56.6 cm³/mol. The van der Waals surface area contributed by atoms with Crippen molar-refractivity contribution in [3.05, 3.63) is 35.6 Å². The predicted octanol–water partition coefficient (Wildman–Crippen LogP) is 3.72. The molecule has 0 radical (unpaired) electrons. The van der Waals surface area contributed by atoms with Gasteiger partial charge in [0, 0.05) is 0 Å². The van der Waals surface area contributed by atoms with E-state index in [4.69, 9.17) is 5.41 Å². The van der Waals surface area contributed by atoms with Gasteiger partial charge in [-0.3, -0.25) is 0 Å². The highest BCUT2D eigenvalue weighted by Crippen LogP contribution is 2.26. The Morgan fingerprint density at radius 3 is 2.15 bits per heavy atom. The summed E-state index contributed by atoms with van der Waals surface area (Å²) in [6.07, 6.45) is 0. The molecule has 2 heteroatoms. The van der Waals surface area contributed by atoms with Gasteiger partial charge in [0.05, 0.1) is 0 Å². The topological polar surface area (TPSA) is 38.0 Å². The van der Waals surface area contributed by atoms with Crippen molar-refractivity contribution in [3.63, 3.8) is 0 Å². The second-order valence-corrected chi connectivity index (χ2v) is 4.05. The molecule has 0 aliphatic carbocycles. The van der Waals surface area contributed by atoms with E-state index in [0.717, 1.165) is 5.69 Å². The molecule has 0 aliphatic rings. The van der Waals surface area contributed by atoms with E-state index < -0.39 is 0 Å². The molecule has 1 N–H and O–H groups in total. The lowest BCUT2D eigenvalue weighted by Gasteiger charge is -2.29. The minimum absolute atomic E-state index is 0.171. The highest BCUT2D eigenvalue weighted by molar-refractivity contribution is 6.01. The number of para-hydroxylation sites is 1. The van der Waals surface area contributed by atoms with E-state index in [1.54, 1.807) is 0 Å². The number of hydrogen-bond donors (Lipinski definition) is 1. The SMILES string of the molecule is CC(C)(C)C(=N)[N-]c1ccccc1. The van der Waals surface area contributed by atoms with Crippen LogP contribution in [0, 0.1) is 10.8 Å². The number of amidine groups is 1. The van der Waals surface area contributed by atoms with Gasteiger partial charge in [-0.15, -0.1) is 0 Å². The summed E-state index contributed by atoms with van der Waals surface area (Å²) in [6, 6.07) is 9.60. The standard InChI is InChI=1S/C11H15N2/c1-11(2,3)10(12)13-9-7-5-4-6-8-9/h4-8H,1-3H3,(H-,12,13)/q-1. The van der Waals surface area contributed by atoms with Crippen molar-refractivity contribution in [1.29, 1.82) is 5.41 Å². The van der Waals surface area contributed by atoms with Gasteiger partial charge < -0.3 is 10.7 Å². The van der Waals surface area contributed by atoms with E-state index in [9.17, 15) is 0 Å². The van der Waals surface area contributed by atoms with E-state index in [-0.39, 0.29) is 5.41 Å². The van der Waals surface area contributed by atoms with E-state index in [0.29, 0.717) is 5.84 Å². The van der Waals surface area contributed by atoms with Gasteiger partial charge >= 0.3 is 0 Å². The fourth-order valence-electron chi connectivity index (χ4n) is 0.799. The molecule has 13 heavy (non-hydrogen) atoms. The maximum absolute atomic E-state index is 7.71. The second kappa shape index (κ2) is 3.60. The monoisotopic (exact) mass is 175 g/mol. The lowest BCUT2D eigenvalue weighted by Crippen LogP contribution is -2.17. The summed E-state index contributed by atoms with van der Waals surface area (Å²) in [6.45, 7) is 5.96. The summed E-state index contributed by atoms with van der Waals surface area (Å²) in [5.74, 6) is 0.415. The van der Waals surface area contributed by atoms with E-state index in [2.05, 4.69) is 5.32 Å². The van der Waals surface area contributed by atoms with Crippen LogP contribution in [0.1, 0.15) is 20.8 Å².